The molecule has 152 valence electrons. The number of carbonyl (C=O) groups is 1. The number of carbonyl (C=O) groups excluding carboxylic acids is 1. The standard InChI is InChI=1S/C24H28N2O2S/c1-3-18-10-12-20(13-11-18)24(22-9-6-16-29-22)26-17-23(27)25-15-14-19-7-4-5-8-21(19)28-2/h4-13,16,24,26H,3,14-15,17H2,1-2H3,(H,25,27)/t24-/m0/s1. The second-order valence-corrected chi connectivity index (χ2v) is 7.82. The van der Waals surface area contributed by atoms with E-state index in [0.29, 0.717) is 6.54 Å². The van der Waals surface area contributed by atoms with E-state index in [-0.39, 0.29) is 18.5 Å². The lowest BCUT2D eigenvalue weighted by atomic mass is 10.0. The predicted octanol–water partition coefficient (Wildman–Crippen LogP) is 4.36. The van der Waals surface area contributed by atoms with Gasteiger partial charge in [-0.2, -0.15) is 0 Å². The number of benzene rings is 2. The lowest BCUT2D eigenvalue weighted by molar-refractivity contribution is -0.120. The van der Waals surface area contributed by atoms with Gasteiger partial charge in [0.25, 0.3) is 0 Å². The lowest BCUT2D eigenvalue weighted by Gasteiger charge is -2.18. The number of hydrogen-bond donors (Lipinski definition) is 2. The molecule has 29 heavy (non-hydrogen) atoms. The van der Waals surface area contributed by atoms with E-state index in [2.05, 4.69) is 53.3 Å². The van der Waals surface area contributed by atoms with Crippen LogP contribution in [0, 0.1) is 0 Å². The third-order valence-corrected chi connectivity index (χ3v) is 5.86. The van der Waals surface area contributed by atoms with Gasteiger partial charge in [0.15, 0.2) is 0 Å². The van der Waals surface area contributed by atoms with Gasteiger partial charge in [-0.25, -0.2) is 0 Å². The van der Waals surface area contributed by atoms with E-state index < -0.39 is 0 Å². The van der Waals surface area contributed by atoms with Crippen molar-refractivity contribution in [2.75, 3.05) is 20.2 Å². The van der Waals surface area contributed by atoms with Crippen LogP contribution in [-0.2, 0) is 17.6 Å². The molecule has 0 fully saturated rings. The fourth-order valence-electron chi connectivity index (χ4n) is 3.29. The first kappa shape index (κ1) is 21.1. The van der Waals surface area contributed by atoms with Crippen LogP contribution in [0.4, 0.5) is 0 Å². The van der Waals surface area contributed by atoms with Crippen LogP contribution < -0.4 is 15.4 Å². The van der Waals surface area contributed by atoms with E-state index >= 15 is 0 Å². The van der Waals surface area contributed by atoms with Crippen LogP contribution in [0.3, 0.4) is 0 Å². The average molecular weight is 409 g/mol. The maximum atomic E-state index is 12.4. The van der Waals surface area contributed by atoms with Gasteiger partial charge in [-0.3, -0.25) is 10.1 Å². The normalized spacial score (nSPS) is 11.8. The van der Waals surface area contributed by atoms with E-state index in [9.17, 15) is 4.79 Å². The van der Waals surface area contributed by atoms with Crippen LogP contribution in [0.5, 0.6) is 5.75 Å². The summed E-state index contributed by atoms with van der Waals surface area (Å²) in [5.41, 5.74) is 3.58. The van der Waals surface area contributed by atoms with Crippen molar-refractivity contribution in [2.24, 2.45) is 0 Å². The number of thiophene rings is 1. The minimum absolute atomic E-state index is 0.00775. The Morgan fingerprint density at radius 1 is 1.07 bits per heavy atom. The Bertz CT molecular complexity index is 892. The minimum Gasteiger partial charge on any atom is -0.496 e. The van der Waals surface area contributed by atoms with Crippen molar-refractivity contribution in [2.45, 2.75) is 25.8 Å². The number of methoxy groups -OCH3 is 1. The molecule has 1 aromatic heterocycles. The van der Waals surface area contributed by atoms with Crippen LogP contribution in [0.15, 0.2) is 66.0 Å². The molecule has 2 aromatic carbocycles. The Morgan fingerprint density at radius 2 is 1.86 bits per heavy atom. The molecule has 0 aliphatic carbocycles. The third kappa shape index (κ3) is 5.92. The Balaban J connectivity index is 1.55. The monoisotopic (exact) mass is 408 g/mol. The van der Waals surface area contributed by atoms with Crippen LogP contribution in [0.25, 0.3) is 0 Å². The van der Waals surface area contributed by atoms with Gasteiger partial charge in [-0.05, 0) is 47.0 Å². The molecule has 0 bridgehead atoms. The predicted molar refractivity (Wildman–Crippen MR) is 120 cm³/mol. The summed E-state index contributed by atoms with van der Waals surface area (Å²) >= 11 is 1.70. The van der Waals surface area contributed by atoms with E-state index in [0.717, 1.165) is 24.2 Å². The van der Waals surface area contributed by atoms with Crippen molar-refractivity contribution in [3.63, 3.8) is 0 Å². The number of aryl methyl sites for hydroxylation is 1. The highest BCUT2D eigenvalue weighted by Gasteiger charge is 2.16. The van der Waals surface area contributed by atoms with Crippen molar-refractivity contribution >= 4 is 17.2 Å². The SMILES string of the molecule is CCc1ccc([C@H](NCC(=O)NCCc2ccccc2OC)c2cccs2)cc1. The number of ether oxygens (including phenoxy) is 1. The summed E-state index contributed by atoms with van der Waals surface area (Å²) in [4.78, 5) is 13.6. The second-order valence-electron chi connectivity index (χ2n) is 6.84. The first-order valence-electron chi connectivity index (χ1n) is 9.95. The van der Waals surface area contributed by atoms with E-state index in [4.69, 9.17) is 4.74 Å². The number of hydrogen-bond acceptors (Lipinski definition) is 4. The summed E-state index contributed by atoms with van der Waals surface area (Å²) in [7, 11) is 1.67. The van der Waals surface area contributed by atoms with Gasteiger partial charge in [-0.1, -0.05) is 55.5 Å². The molecular weight excluding hydrogens is 380 g/mol. The smallest absolute Gasteiger partial charge is 0.233 e. The highest BCUT2D eigenvalue weighted by atomic mass is 32.1. The molecule has 1 atom stereocenters. The molecule has 0 aliphatic rings. The van der Waals surface area contributed by atoms with Gasteiger partial charge in [0.05, 0.1) is 19.7 Å². The van der Waals surface area contributed by atoms with Gasteiger partial charge < -0.3 is 10.1 Å². The van der Waals surface area contributed by atoms with Crippen molar-refractivity contribution in [3.05, 3.63) is 87.6 Å². The zero-order valence-electron chi connectivity index (χ0n) is 17.0. The fraction of sp³-hybridized carbons (Fsp3) is 0.292. The van der Waals surface area contributed by atoms with Crippen molar-refractivity contribution in [1.29, 1.82) is 0 Å². The minimum atomic E-state index is -0.00775. The molecule has 2 N–H and O–H groups in total. The zero-order chi connectivity index (χ0) is 20.5. The van der Waals surface area contributed by atoms with E-state index in [1.165, 1.54) is 16.0 Å². The highest BCUT2D eigenvalue weighted by molar-refractivity contribution is 7.10. The number of para-hydroxylation sites is 1. The largest absolute Gasteiger partial charge is 0.496 e. The van der Waals surface area contributed by atoms with Crippen molar-refractivity contribution < 1.29 is 9.53 Å². The maximum absolute atomic E-state index is 12.4. The maximum Gasteiger partial charge on any atom is 0.233 e. The summed E-state index contributed by atoms with van der Waals surface area (Å²) in [5.74, 6) is 0.847. The number of nitrogens with one attached hydrogen (secondary N) is 2. The van der Waals surface area contributed by atoms with Crippen LogP contribution in [0.2, 0.25) is 0 Å². The molecule has 4 nitrogen and oxygen atoms in total. The molecule has 3 rings (SSSR count). The molecule has 3 aromatic rings. The van der Waals surface area contributed by atoms with Gasteiger partial charge in [0, 0.05) is 11.4 Å². The summed E-state index contributed by atoms with van der Waals surface area (Å²) < 4.78 is 5.36. The van der Waals surface area contributed by atoms with E-state index in [1.807, 2.05) is 30.3 Å². The quantitative estimate of drug-likeness (QED) is 0.524. The molecule has 0 saturated carbocycles. The van der Waals surface area contributed by atoms with Gasteiger partial charge in [0.2, 0.25) is 5.91 Å². The Kier molecular flexibility index (Phi) is 7.85. The summed E-state index contributed by atoms with van der Waals surface area (Å²) in [6, 6.07) is 20.7. The van der Waals surface area contributed by atoms with Gasteiger partial charge >= 0.3 is 0 Å². The molecule has 0 unspecified atom stereocenters. The first-order valence-corrected chi connectivity index (χ1v) is 10.8. The van der Waals surface area contributed by atoms with Crippen molar-refractivity contribution in [1.82, 2.24) is 10.6 Å². The second kappa shape index (κ2) is 10.8. The van der Waals surface area contributed by atoms with Crippen LogP contribution in [-0.4, -0.2) is 26.1 Å². The van der Waals surface area contributed by atoms with E-state index in [1.54, 1.807) is 18.4 Å². The zero-order valence-corrected chi connectivity index (χ0v) is 17.8. The topological polar surface area (TPSA) is 50.4 Å². The Labute approximate surface area is 176 Å². The van der Waals surface area contributed by atoms with Gasteiger partial charge in [-0.15, -0.1) is 11.3 Å². The molecule has 0 saturated heterocycles. The number of rotatable bonds is 10. The third-order valence-electron chi connectivity index (χ3n) is 4.92. The van der Waals surface area contributed by atoms with Crippen LogP contribution in [0.1, 0.15) is 34.5 Å². The molecule has 5 heteroatoms. The van der Waals surface area contributed by atoms with Crippen LogP contribution >= 0.6 is 11.3 Å². The molecular formula is C24H28N2O2S. The first-order chi connectivity index (χ1) is 14.2. The lowest BCUT2D eigenvalue weighted by Crippen LogP contribution is -2.36. The summed E-state index contributed by atoms with van der Waals surface area (Å²) in [6.07, 6.45) is 1.76. The number of amides is 1. The molecule has 0 radical (unpaired) electrons. The van der Waals surface area contributed by atoms with Gasteiger partial charge in [0.1, 0.15) is 5.75 Å². The average Bonchev–Trinajstić information content (AvgIpc) is 3.29. The molecule has 0 spiro atoms. The highest BCUT2D eigenvalue weighted by Crippen LogP contribution is 2.26. The summed E-state index contributed by atoms with van der Waals surface area (Å²) in [5, 5.41) is 8.49. The Hall–Kier alpha value is -2.63. The molecule has 1 heterocycles. The fourth-order valence-corrected chi connectivity index (χ4v) is 4.11. The van der Waals surface area contributed by atoms with Crippen molar-refractivity contribution in [3.8, 4) is 5.75 Å². The summed E-state index contributed by atoms with van der Waals surface area (Å²) in [6.45, 7) is 3.00. The molecule has 1 amide bonds. The molecule has 0 aliphatic heterocycles. The Morgan fingerprint density at radius 3 is 2.55 bits per heavy atom.